The zero-order chi connectivity index (χ0) is 17.9. The Labute approximate surface area is 154 Å². The number of nitrogens with zero attached hydrogens (tertiary/aromatic N) is 4. The van der Waals surface area contributed by atoms with E-state index in [1.807, 2.05) is 42.5 Å². The van der Waals surface area contributed by atoms with Crippen LogP contribution >= 0.6 is 0 Å². The van der Waals surface area contributed by atoms with Crippen molar-refractivity contribution in [2.45, 2.75) is 32.0 Å². The van der Waals surface area contributed by atoms with Gasteiger partial charge in [-0.25, -0.2) is 9.97 Å². The summed E-state index contributed by atoms with van der Waals surface area (Å²) in [6.07, 6.45) is 5.91. The van der Waals surface area contributed by atoms with Crippen molar-refractivity contribution in [3.63, 3.8) is 0 Å². The van der Waals surface area contributed by atoms with Crippen LogP contribution in [0.15, 0.2) is 42.7 Å². The predicted molar refractivity (Wildman–Crippen MR) is 100 cm³/mol. The number of rotatable bonds is 5. The van der Waals surface area contributed by atoms with Gasteiger partial charge in [0, 0.05) is 57.2 Å². The van der Waals surface area contributed by atoms with Gasteiger partial charge in [-0.05, 0) is 18.4 Å². The van der Waals surface area contributed by atoms with Gasteiger partial charge in [0.25, 0.3) is 0 Å². The molecule has 6 nitrogen and oxygen atoms in total. The van der Waals surface area contributed by atoms with E-state index in [1.54, 1.807) is 0 Å². The average Bonchev–Trinajstić information content (AvgIpc) is 2.94. The van der Waals surface area contributed by atoms with Gasteiger partial charge in [0.05, 0.1) is 5.92 Å². The number of hydrogen-bond donors (Lipinski definition) is 1. The van der Waals surface area contributed by atoms with E-state index in [0.29, 0.717) is 24.4 Å². The highest BCUT2D eigenvalue weighted by Gasteiger charge is 2.38. The molecule has 0 saturated carbocycles. The summed E-state index contributed by atoms with van der Waals surface area (Å²) in [4.78, 5) is 25.5. The van der Waals surface area contributed by atoms with Crippen LogP contribution in [0.2, 0.25) is 0 Å². The minimum atomic E-state index is 0.145. The minimum absolute atomic E-state index is 0.145. The minimum Gasteiger partial charge on any atom is -0.350 e. The molecule has 2 bridgehead atoms. The molecular weight excluding hydrogens is 326 g/mol. The zero-order valence-corrected chi connectivity index (χ0v) is 15.1. The number of benzene rings is 1. The monoisotopic (exact) mass is 351 g/mol. The molecule has 2 atom stereocenters. The normalized spacial score (nSPS) is 23.1. The van der Waals surface area contributed by atoms with E-state index in [2.05, 4.69) is 32.3 Å². The van der Waals surface area contributed by atoms with Crippen LogP contribution in [0.25, 0.3) is 0 Å². The van der Waals surface area contributed by atoms with E-state index in [1.165, 1.54) is 5.56 Å². The topological polar surface area (TPSA) is 61.4 Å². The van der Waals surface area contributed by atoms with Gasteiger partial charge < -0.3 is 10.2 Å². The molecule has 0 radical (unpaired) electrons. The third kappa shape index (κ3) is 3.70. The molecule has 26 heavy (non-hydrogen) atoms. The SMILES string of the molecule is CN1C(=O)[C@H]2CC[C@@H]1CN(Cc1cnc(NCc3ccccc3)nc1)C2. The van der Waals surface area contributed by atoms with Gasteiger partial charge in [0.1, 0.15) is 0 Å². The Morgan fingerprint density at radius 2 is 1.85 bits per heavy atom. The third-order valence-corrected chi connectivity index (χ3v) is 5.45. The number of likely N-dealkylation sites (N-methyl/N-ethyl adjacent to an activating group) is 1. The van der Waals surface area contributed by atoms with Crippen LogP contribution in [0.5, 0.6) is 0 Å². The first-order valence-corrected chi connectivity index (χ1v) is 9.27. The van der Waals surface area contributed by atoms with Crippen molar-refractivity contribution < 1.29 is 4.79 Å². The van der Waals surface area contributed by atoms with Crippen molar-refractivity contribution >= 4 is 11.9 Å². The number of carbonyl (C=O) groups is 1. The number of fused-ring (bicyclic) bond motifs is 4. The largest absolute Gasteiger partial charge is 0.350 e. The summed E-state index contributed by atoms with van der Waals surface area (Å²) in [7, 11) is 1.94. The van der Waals surface area contributed by atoms with Gasteiger partial charge in [0.15, 0.2) is 0 Å². The van der Waals surface area contributed by atoms with E-state index >= 15 is 0 Å². The molecule has 3 aliphatic heterocycles. The molecule has 1 N–H and O–H groups in total. The molecule has 3 aliphatic rings. The van der Waals surface area contributed by atoms with Crippen LogP contribution in [-0.2, 0) is 17.9 Å². The number of hydrogen-bond acceptors (Lipinski definition) is 5. The second kappa shape index (κ2) is 7.41. The highest BCUT2D eigenvalue weighted by molar-refractivity contribution is 5.80. The maximum atomic E-state index is 12.3. The van der Waals surface area contributed by atoms with Crippen LogP contribution in [0.1, 0.15) is 24.0 Å². The van der Waals surface area contributed by atoms with Crippen LogP contribution in [0.3, 0.4) is 0 Å². The van der Waals surface area contributed by atoms with Crippen LogP contribution < -0.4 is 5.32 Å². The number of aromatic nitrogens is 2. The molecule has 0 spiro atoms. The lowest BCUT2D eigenvalue weighted by Crippen LogP contribution is -2.45. The predicted octanol–water partition coefficient (Wildman–Crippen LogP) is 2.14. The first-order chi connectivity index (χ1) is 12.7. The van der Waals surface area contributed by atoms with E-state index in [9.17, 15) is 4.79 Å². The summed E-state index contributed by atoms with van der Waals surface area (Å²) in [6.45, 7) is 3.29. The van der Waals surface area contributed by atoms with Crippen LogP contribution in [-0.4, -0.2) is 51.9 Å². The molecule has 1 amide bonds. The Hall–Kier alpha value is -2.47. The zero-order valence-electron chi connectivity index (χ0n) is 15.1. The average molecular weight is 351 g/mol. The van der Waals surface area contributed by atoms with E-state index < -0.39 is 0 Å². The second-order valence-electron chi connectivity index (χ2n) is 7.33. The van der Waals surface area contributed by atoms with Crippen LogP contribution in [0.4, 0.5) is 5.95 Å². The van der Waals surface area contributed by atoms with E-state index in [4.69, 9.17) is 0 Å². The fourth-order valence-corrected chi connectivity index (χ4v) is 3.94. The lowest BCUT2D eigenvalue weighted by atomic mass is 9.95. The molecular formula is C20H25N5O. The molecule has 0 aliphatic carbocycles. The lowest BCUT2D eigenvalue weighted by molar-refractivity contribution is -0.138. The smallest absolute Gasteiger partial charge is 0.227 e. The van der Waals surface area contributed by atoms with Gasteiger partial charge in [0.2, 0.25) is 11.9 Å². The molecule has 4 heterocycles. The lowest BCUT2D eigenvalue weighted by Gasteiger charge is -2.32. The van der Waals surface area contributed by atoms with Gasteiger partial charge in [-0.2, -0.15) is 0 Å². The number of nitrogens with one attached hydrogen (secondary N) is 1. The number of amides is 1. The van der Waals surface area contributed by atoms with Crippen molar-refractivity contribution in [1.82, 2.24) is 19.8 Å². The number of piperidine rings is 1. The molecule has 6 heteroatoms. The Morgan fingerprint density at radius 1 is 1.08 bits per heavy atom. The summed E-state index contributed by atoms with van der Waals surface area (Å²) in [5.41, 5.74) is 2.29. The van der Waals surface area contributed by atoms with Crippen molar-refractivity contribution in [2.75, 3.05) is 25.5 Å². The fourth-order valence-electron chi connectivity index (χ4n) is 3.94. The molecule has 3 saturated heterocycles. The van der Waals surface area contributed by atoms with Crippen LogP contribution in [0, 0.1) is 5.92 Å². The summed E-state index contributed by atoms with van der Waals surface area (Å²) < 4.78 is 0. The second-order valence-corrected chi connectivity index (χ2v) is 7.33. The number of carbonyl (C=O) groups excluding carboxylic acids is 1. The standard InChI is InChI=1S/C20H25N5O/c1-24-18-8-7-17(19(24)26)13-25(14-18)12-16-10-22-20(23-11-16)21-9-15-5-3-2-4-6-15/h2-6,10-11,17-18H,7-9,12-14H2,1H3,(H,21,22,23)/t17-,18+/m0/s1. The first-order valence-electron chi connectivity index (χ1n) is 9.27. The van der Waals surface area contributed by atoms with Crippen molar-refractivity contribution in [3.05, 3.63) is 53.9 Å². The van der Waals surface area contributed by atoms with E-state index in [0.717, 1.165) is 38.0 Å². The molecule has 1 aromatic heterocycles. The summed E-state index contributed by atoms with van der Waals surface area (Å²) >= 11 is 0. The first kappa shape index (κ1) is 17.0. The Kier molecular flexibility index (Phi) is 4.84. The third-order valence-electron chi connectivity index (χ3n) is 5.45. The molecule has 0 unspecified atom stereocenters. The highest BCUT2D eigenvalue weighted by atomic mass is 16.2. The Morgan fingerprint density at radius 3 is 2.62 bits per heavy atom. The Bertz CT molecular complexity index is 749. The molecule has 136 valence electrons. The number of anilines is 1. The van der Waals surface area contributed by atoms with E-state index in [-0.39, 0.29) is 5.92 Å². The maximum absolute atomic E-state index is 12.3. The van der Waals surface area contributed by atoms with Crippen molar-refractivity contribution in [2.24, 2.45) is 5.92 Å². The summed E-state index contributed by atoms with van der Waals surface area (Å²) in [5, 5.41) is 3.25. The van der Waals surface area contributed by atoms with Gasteiger partial charge >= 0.3 is 0 Å². The van der Waals surface area contributed by atoms with Gasteiger partial charge in [-0.3, -0.25) is 9.69 Å². The van der Waals surface area contributed by atoms with Gasteiger partial charge in [-0.1, -0.05) is 30.3 Å². The molecule has 2 aromatic rings. The quantitative estimate of drug-likeness (QED) is 0.894. The summed E-state index contributed by atoms with van der Waals surface area (Å²) in [6, 6.07) is 10.6. The summed E-state index contributed by atoms with van der Waals surface area (Å²) in [5.74, 6) is 1.09. The molecule has 3 fully saturated rings. The maximum Gasteiger partial charge on any atom is 0.227 e. The molecule has 5 rings (SSSR count). The Balaban J connectivity index is 1.35. The highest BCUT2D eigenvalue weighted by Crippen LogP contribution is 2.28. The molecule has 1 aromatic carbocycles. The van der Waals surface area contributed by atoms with Crippen molar-refractivity contribution in [3.8, 4) is 0 Å². The fraction of sp³-hybridized carbons (Fsp3) is 0.450. The van der Waals surface area contributed by atoms with Crippen molar-refractivity contribution in [1.29, 1.82) is 0 Å². The van der Waals surface area contributed by atoms with Gasteiger partial charge in [-0.15, -0.1) is 0 Å².